The molecule has 0 bridgehead atoms. The standard InChI is InChI=1S/C21H27NO7/c1-7-27-19(25)15-14-13(10-9-12(11(3)23)17(14)24)29-18(22-21(4,5)6)16(15)20(26)28-8-2/h9-10,15,22,24H,7-8H2,1-6H3. The maximum absolute atomic E-state index is 12.9. The van der Waals surface area contributed by atoms with Gasteiger partial charge in [0.15, 0.2) is 5.78 Å². The van der Waals surface area contributed by atoms with Crippen LogP contribution in [-0.4, -0.2) is 41.6 Å². The molecule has 2 rings (SSSR count). The number of carbonyl (C=O) groups excluding carboxylic acids is 3. The second-order valence-electron chi connectivity index (χ2n) is 7.56. The third-order valence-corrected chi connectivity index (χ3v) is 4.10. The van der Waals surface area contributed by atoms with Gasteiger partial charge in [-0.2, -0.15) is 0 Å². The van der Waals surface area contributed by atoms with Crippen molar-refractivity contribution in [3.8, 4) is 11.5 Å². The number of carbonyl (C=O) groups is 3. The molecule has 0 aliphatic carbocycles. The zero-order valence-electron chi connectivity index (χ0n) is 17.5. The van der Waals surface area contributed by atoms with Crippen LogP contribution in [0.3, 0.4) is 0 Å². The van der Waals surface area contributed by atoms with Crippen molar-refractivity contribution < 1.29 is 33.7 Å². The minimum absolute atomic E-state index is 0.00124. The summed E-state index contributed by atoms with van der Waals surface area (Å²) in [6.45, 7) is 10.3. The molecule has 0 aromatic heterocycles. The van der Waals surface area contributed by atoms with Crippen molar-refractivity contribution in [1.29, 1.82) is 0 Å². The highest BCUT2D eigenvalue weighted by Gasteiger charge is 2.44. The molecule has 2 N–H and O–H groups in total. The van der Waals surface area contributed by atoms with Crippen LogP contribution >= 0.6 is 0 Å². The van der Waals surface area contributed by atoms with E-state index in [9.17, 15) is 19.5 Å². The van der Waals surface area contributed by atoms with Crippen LogP contribution in [0.4, 0.5) is 0 Å². The van der Waals surface area contributed by atoms with E-state index in [0.29, 0.717) is 0 Å². The fourth-order valence-electron chi connectivity index (χ4n) is 3.00. The number of benzene rings is 1. The van der Waals surface area contributed by atoms with Gasteiger partial charge in [0.1, 0.15) is 23.0 Å². The van der Waals surface area contributed by atoms with Gasteiger partial charge < -0.3 is 24.6 Å². The zero-order valence-corrected chi connectivity index (χ0v) is 17.5. The summed E-state index contributed by atoms with van der Waals surface area (Å²) in [6.07, 6.45) is 0. The number of Topliss-reactive ketones (excluding diaryl/α,β-unsaturated/α-hetero) is 1. The van der Waals surface area contributed by atoms with E-state index in [2.05, 4.69) is 5.32 Å². The Balaban J connectivity index is 2.79. The van der Waals surface area contributed by atoms with Gasteiger partial charge >= 0.3 is 11.9 Å². The number of phenolic OH excluding ortho intramolecular Hbond substituents is 1. The SMILES string of the molecule is CCOC(=O)C1=C(NC(C)(C)C)Oc2ccc(C(C)=O)c(O)c2C1C(=O)OCC. The maximum Gasteiger partial charge on any atom is 0.340 e. The number of hydrogen-bond donors (Lipinski definition) is 2. The lowest BCUT2D eigenvalue weighted by Gasteiger charge is -2.33. The summed E-state index contributed by atoms with van der Waals surface area (Å²) < 4.78 is 16.2. The average Bonchev–Trinajstić information content (AvgIpc) is 2.59. The van der Waals surface area contributed by atoms with Crippen molar-refractivity contribution in [2.75, 3.05) is 13.2 Å². The normalized spacial score (nSPS) is 15.9. The molecule has 1 unspecified atom stereocenters. The lowest BCUT2D eigenvalue weighted by molar-refractivity contribution is -0.148. The van der Waals surface area contributed by atoms with E-state index >= 15 is 0 Å². The van der Waals surface area contributed by atoms with Crippen molar-refractivity contribution >= 4 is 17.7 Å². The van der Waals surface area contributed by atoms with Gasteiger partial charge in [0.05, 0.1) is 24.3 Å². The Hall–Kier alpha value is -3.03. The van der Waals surface area contributed by atoms with Crippen LogP contribution in [0, 0.1) is 0 Å². The number of hydrogen-bond acceptors (Lipinski definition) is 8. The first kappa shape index (κ1) is 22.3. The quantitative estimate of drug-likeness (QED) is 0.549. The Morgan fingerprint density at radius 1 is 1.14 bits per heavy atom. The van der Waals surface area contributed by atoms with Crippen molar-refractivity contribution in [3.05, 3.63) is 34.7 Å². The summed E-state index contributed by atoms with van der Waals surface area (Å²) >= 11 is 0. The molecule has 8 nitrogen and oxygen atoms in total. The van der Waals surface area contributed by atoms with Crippen molar-refractivity contribution in [1.82, 2.24) is 5.32 Å². The molecule has 158 valence electrons. The van der Waals surface area contributed by atoms with Crippen LogP contribution in [0.15, 0.2) is 23.6 Å². The molecule has 29 heavy (non-hydrogen) atoms. The number of esters is 2. The van der Waals surface area contributed by atoms with Gasteiger partial charge in [-0.3, -0.25) is 9.59 Å². The van der Waals surface area contributed by atoms with Gasteiger partial charge in [-0.05, 0) is 53.7 Å². The highest BCUT2D eigenvalue weighted by molar-refractivity contribution is 6.03. The molecule has 8 heteroatoms. The summed E-state index contributed by atoms with van der Waals surface area (Å²) in [7, 11) is 0. The zero-order chi connectivity index (χ0) is 21.9. The highest BCUT2D eigenvalue weighted by atomic mass is 16.5. The summed E-state index contributed by atoms with van der Waals surface area (Å²) in [5, 5.41) is 13.8. The van der Waals surface area contributed by atoms with Crippen molar-refractivity contribution in [3.63, 3.8) is 0 Å². The molecule has 0 spiro atoms. The van der Waals surface area contributed by atoms with E-state index in [1.807, 2.05) is 20.8 Å². The minimum atomic E-state index is -1.32. The summed E-state index contributed by atoms with van der Waals surface area (Å²) in [4.78, 5) is 37.6. The Bertz CT molecular complexity index is 865. The number of ether oxygens (including phenoxy) is 3. The number of fused-ring (bicyclic) bond motifs is 1. The fraction of sp³-hybridized carbons (Fsp3) is 0.476. The lowest BCUT2D eigenvalue weighted by Crippen LogP contribution is -2.41. The number of ketones is 1. The molecular formula is C21H27NO7. The van der Waals surface area contributed by atoms with Crippen LogP contribution in [0.2, 0.25) is 0 Å². The van der Waals surface area contributed by atoms with Gasteiger partial charge in [-0.1, -0.05) is 0 Å². The van der Waals surface area contributed by atoms with Crippen molar-refractivity contribution in [2.24, 2.45) is 0 Å². The molecule has 0 amide bonds. The second-order valence-corrected chi connectivity index (χ2v) is 7.56. The largest absolute Gasteiger partial charge is 0.507 e. The molecule has 1 heterocycles. The predicted octanol–water partition coefficient (Wildman–Crippen LogP) is 2.80. The van der Waals surface area contributed by atoms with Gasteiger partial charge in [0.2, 0.25) is 5.88 Å². The number of phenols is 1. The third-order valence-electron chi connectivity index (χ3n) is 4.10. The van der Waals surface area contributed by atoms with Gasteiger partial charge in [-0.15, -0.1) is 0 Å². The molecule has 1 atom stereocenters. The van der Waals surface area contributed by atoms with E-state index < -0.39 is 34.9 Å². The van der Waals surface area contributed by atoms with E-state index in [4.69, 9.17) is 14.2 Å². The average molecular weight is 405 g/mol. The van der Waals surface area contributed by atoms with E-state index in [1.54, 1.807) is 13.8 Å². The second kappa shape index (κ2) is 8.55. The monoisotopic (exact) mass is 405 g/mol. The van der Waals surface area contributed by atoms with Crippen molar-refractivity contribution in [2.45, 2.75) is 53.0 Å². The highest BCUT2D eigenvalue weighted by Crippen LogP contribution is 2.46. The third kappa shape index (κ3) is 4.70. The van der Waals surface area contributed by atoms with E-state index in [0.717, 1.165) is 0 Å². The number of rotatable bonds is 6. The Labute approximate surface area is 169 Å². The number of aromatic hydroxyl groups is 1. The first-order chi connectivity index (χ1) is 13.5. The molecule has 1 aromatic rings. The van der Waals surface area contributed by atoms with Crippen LogP contribution < -0.4 is 10.1 Å². The summed E-state index contributed by atoms with van der Waals surface area (Å²) in [5.41, 5.74) is -0.620. The van der Waals surface area contributed by atoms with Gasteiger partial charge in [0, 0.05) is 5.54 Å². The molecular weight excluding hydrogens is 378 g/mol. The topological polar surface area (TPSA) is 111 Å². The summed E-state index contributed by atoms with van der Waals surface area (Å²) in [5.74, 6) is -3.50. The smallest absolute Gasteiger partial charge is 0.340 e. The Morgan fingerprint density at radius 2 is 1.76 bits per heavy atom. The molecule has 1 aliphatic rings. The molecule has 1 aromatic carbocycles. The van der Waals surface area contributed by atoms with E-state index in [-0.39, 0.29) is 41.5 Å². The first-order valence-electron chi connectivity index (χ1n) is 9.42. The molecule has 0 saturated heterocycles. The minimum Gasteiger partial charge on any atom is -0.507 e. The van der Waals surface area contributed by atoms with Crippen LogP contribution in [-0.2, 0) is 19.1 Å². The Morgan fingerprint density at radius 3 is 2.28 bits per heavy atom. The lowest BCUT2D eigenvalue weighted by atomic mass is 9.86. The predicted molar refractivity (Wildman–Crippen MR) is 105 cm³/mol. The van der Waals surface area contributed by atoms with E-state index in [1.165, 1.54) is 19.1 Å². The molecule has 0 fully saturated rings. The van der Waals surface area contributed by atoms with Gasteiger partial charge in [0.25, 0.3) is 0 Å². The molecule has 1 aliphatic heterocycles. The Kier molecular flexibility index (Phi) is 6.56. The first-order valence-corrected chi connectivity index (χ1v) is 9.42. The van der Waals surface area contributed by atoms with Gasteiger partial charge in [-0.25, -0.2) is 4.79 Å². The van der Waals surface area contributed by atoms with Crippen LogP contribution in [0.5, 0.6) is 11.5 Å². The maximum atomic E-state index is 12.9. The number of nitrogens with one attached hydrogen (secondary N) is 1. The molecule has 0 saturated carbocycles. The molecule has 0 radical (unpaired) electrons. The van der Waals surface area contributed by atoms with Crippen LogP contribution in [0.1, 0.15) is 63.4 Å². The fourth-order valence-corrected chi connectivity index (χ4v) is 3.00. The van der Waals surface area contributed by atoms with Crippen LogP contribution in [0.25, 0.3) is 0 Å². The summed E-state index contributed by atoms with van der Waals surface area (Å²) in [6, 6.07) is 2.88.